The Bertz CT molecular complexity index is 387. The molecule has 0 spiro atoms. The van der Waals surface area contributed by atoms with Gasteiger partial charge in [0.15, 0.2) is 5.15 Å². The molecule has 84 valence electrons. The van der Waals surface area contributed by atoms with Crippen LogP contribution in [-0.4, -0.2) is 9.55 Å². The molecule has 0 unspecified atom stereocenters. The molecule has 0 aliphatic carbocycles. The van der Waals surface area contributed by atoms with E-state index in [1.807, 2.05) is 0 Å². The van der Waals surface area contributed by atoms with E-state index in [1.54, 1.807) is 0 Å². The van der Waals surface area contributed by atoms with Crippen molar-refractivity contribution in [1.82, 2.24) is 9.55 Å². The summed E-state index contributed by atoms with van der Waals surface area (Å²) in [5, 5.41) is 0.0834. The molecule has 1 aromatic heterocycles. The largest absolute Gasteiger partial charge is 0.392 e. The number of hydrogen-bond acceptors (Lipinski definition) is 3. The fourth-order valence-electron chi connectivity index (χ4n) is 1.31. The van der Waals surface area contributed by atoms with E-state index in [4.69, 9.17) is 17.3 Å². The van der Waals surface area contributed by atoms with Crippen LogP contribution in [0.1, 0.15) is 26.7 Å². The molecule has 0 aliphatic heterocycles. The highest BCUT2D eigenvalue weighted by atomic mass is 35.5. The summed E-state index contributed by atoms with van der Waals surface area (Å²) in [6, 6.07) is 0. The number of halogens is 1. The van der Waals surface area contributed by atoms with Crippen molar-refractivity contribution in [3.63, 3.8) is 0 Å². The van der Waals surface area contributed by atoms with Crippen molar-refractivity contribution in [1.29, 1.82) is 0 Å². The third kappa shape index (κ3) is 3.23. The van der Waals surface area contributed by atoms with Gasteiger partial charge in [0.05, 0.1) is 6.33 Å². The van der Waals surface area contributed by atoms with Gasteiger partial charge in [0.25, 0.3) is 5.56 Å². The van der Waals surface area contributed by atoms with Crippen molar-refractivity contribution in [2.24, 2.45) is 5.92 Å². The summed E-state index contributed by atoms with van der Waals surface area (Å²) < 4.78 is 1.50. The Morgan fingerprint density at radius 3 is 2.87 bits per heavy atom. The lowest BCUT2D eigenvalue weighted by Gasteiger charge is -2.07. The summed E-state index contributed by atoms with van der Waals surface area (Å²) in [5.74, 6) is 0.637. The van der Waals surface area contributed by atoms with Crippen molar-refractivity contribution < 1.29 is 0 Å². The lowest BCUT2D eigenvalue weighted by molar-refractivity contribution is 0.503. The van der Waals surface area contributed by atoms with E-state index in [9.17, 15) is 4.79 Å². The summed E-state index contributed by atoms with van der Waals surface area (Å²) in [7, 11) is 0. The SMILES string of the molecule is CC(C)CCCn1cnc(Cl)c(N)c1=O. The van der Waals surface area contributed by atoms with Gasteiger partial charge in [-0.15, -0.1) is 0 Å². The molecule has 0 fully saturated rings. The second-order valence-corrected chi connectivity index (χ2v) is 4.34. The van der Waals surface area contributed by atoms with E-state index in [1.165, 1.54) is 10.9 Å². The van der Waals surface area contributed by atoms with Crippen LogP contribution in [0.15, 0.2) is 11.1 Å². The first-order chi connectivity index (χ1) is 7.02. The van der Waals surface area contributed by atoms with Gasteiger partial charge in [-0.05, 0) is 18.8 Å². The molecule has 0 radical (unpaired) electrons. The Kier molecular flexibility index (Phi) is 4.15. The number of anilines is 1. The Balaban J connectivity index is 2.71. The van der Waals surface area contributed by atoms with Crippen LogP contribution >= 0.6 is 11.6 Å². The van der Waals surface area contributed by atoms with Gasteiger partial charge in [0, 0.05) is 6.54 Å². The third-order valence-corrected chi connectivity index (χ3v) is 2.51. The number of aromatic nitrogens is 2. The number of hydrogen-bond donors (Lipinski definition) is 1. The highest BCUT2D eigenvalue weighted by Crippen LogP contribution is 2.09. The first-order valence-electron chi connectivity index (χ1n) is 5.02. The monoisotopic (exact) mass is 229 g/mol. The Hall–Kier alpha value is -1.03. The molecule has 0 aromatic carbocycles. The predicted molar refractivity (Wildman–Crippen MR) is 62.0 cm³/mol. The average molecular weight is 230 g/mol. The van der Waals surface area contributed by atoms with Crippen LogP contribution < -0.4 is 11.3 Å². The fourth-order valence-corrected chi connectivity index (χ4v) is 1.44. The predicted octanol–water partition coefficient (Wildman–Crippen LogP) is 1.92. The number of nitrogens with two attached hydrogens (primary N) is 1. The maximum absolute atomic E-state index is 11.6. The first-order valence-corrected chi connectivity index (χ1v) is 5.40. The van der Waals surface area contributed by atoms with Crippen molar-refractivity contribution in [2.45, 2.75) is 33.2 Å². The van der Waals surface area contributed by atoms with Gasteiger partial charge >= 0.3 is 0 Å². The normalized spacial score (nSPS) is 10.9. The Labute approximate surface area is 94.1 Å². The van der Waals surface area contributed by atoms with E-state index in [2.05, 4.69) is 18.8 Å². The Morgan fingerprint density at radius 1 is 1.60 bits per heavy atom. The molecular formula is C10H16ClN3O. The Morgan fingerprint density at radius 2 is 2.27 bits per heavy atom. The molecule has 0 amide bonds. The maximum atomic E-state index is 11.6. The molecule has 1 rings (SSSR count). The van der Waals surface area contributed by atoms with E-state index in [-0.39, 0.29) is 16.4 Å². The lowest BCUT2D eigenvalue weighted by Crippen LogP contribution is -2.23. The van der Waals surface area contributed by atoms with Crippen LogP contribution in [0, 0.1) is 5.92 Å². The molecule has 0 saturated carbocycles. The molecule has 0 bridgehead atoms. The van der Waals surface area contributed by atoms with Crippen LogP contribution in [-0.2, 0) is 6.54 Å². The summed E-state index contributed by atoms with van der Waals surface area (Å²) in [6.45, 7) is 4.94. The molecule has 15 heavy (non-hydrogen) atoms. The number of nitrogen functional groups attached to an aromatic ring is 1. The summed E-state index contributed by atoms with van der Waals surface area (Å²) in [5.41, 5.74) is 5.27. The molecule has 1 heterocycles. The zero-order chi connectivity index (χ0) is 11.4. The van der Waals surface area contributed by atoms with Crippen molar-refractivity contribution in [3.05, 3.63) is 21.8 Å². The zero-order valence-electron chi connectivity index (χ0n) is 9.03. The minimum atomic E-state index is -0.251. The highest BCUT2D eigenvalue weighted by Gasteiger charge is 2.05. The van der Waals surface area contributed by atoms with Crippen molar-refractivity contribution >= 4 is 17.3 Å². The zero-order valence-corrected chi connectivity index (χ0v) is 9.79. The molecule has 5 heteroatoms. The molecule has 4 nitrogen and oxygen atoms in total. The topological polar surface area (TPSA) is 60.9 Å². The number of aryl methyl sites for hydroxylation is 1. The second kappa shape index (κ2) is 5.16. The second-order valence-electron chi connectivity index (χ2n) is 3.98. The summed E-state index contributed by atoms with van der Waals surface area (Å²) in [4.78, 5) is 15.4. The lowest BCUT2D eigenvalue weighted by atomic mass is 10.1. The van der Waals surface area contributed by atoms with Gasteiger partial charge in [-0.1, -0.05) is 25.4 Å². The van der Waals surface area contributed by atoms with Gasteiger partial charge < -0.3 is 5.73 Å². The van der Waals surface area contributed by atoms with Crippen LogP contribution in [0.25, 0.3) is 0 Å². The molecule has 2 N–H and O–H groups in total. The smallest absolute Gasteiger partial charge is 0.278 e. The number of nitrogens with zero attached hydrogens (tertiary/aromatic N) is 2. The summed E-state index contributed by atoms with van der Waals surface area (Å²) in [6.07, 6.45) is 3.47. The minimum absolute atomic E-state index is 0.0312. The van der Waals surface area contributed by atoms with Gasteiger partial charge in [0.1, 0.15) is 5.69 Å². The van der Waals surface area contributed by atoms with Gasteiger partial charge in [-0.25, -0.2) is 4.98 Å². The van der Waals surface area contributed by atoms with Crippen LogP contribution in [0.3, 0.4) is 0 Å². The standard InChI is InChI=1S/C10H16ClN3O/c1-7(2)4-3-5-14-6-13-9(11)8(12)10(14)15/h6-7H,3-5,12H2,1-2H3. The van der Waals surface area contributed by atoms with Crippen LogP contribution in [0.5, 0.6) is 0 Å². The number of rotatable bonds is 4. The molecular weight excluding hydrogens is 214 g/mol. The van der Waals surface area contributed by atoms with E-state index in [0.717, 1.165) is 12.8 Å². The quantitative estimate of drug-likeness (QED) is 0.803. The van der Waals surface area contributed by atoms with Crippen LogP contribution in [0.2, 0.25) is 5.15 Å². The van der Waals surface area contributed by atoms with Gasteiger partial charge in [0.2, 0.25) is 0 Å². The fraction of sp³-hybridized carbons (Fsp3) is 0.600. The first kappa shape index (κ1) is 12.0. The minimum Gasteiger partial charge on any atom is -0.392 e. The molecule has 0 aliphatic rings. The average Bonchev–Trinajstić information content (AvgIpc) is 2.18. The molecule has 1 aromatic rings. The van der Waals surface area contributed by atoms with Gasteiger partial charge in [-0.2, -0.15) is 0 Å². The van der Waals surface area contributed by atoms with Crippen molar-refractivity contribution in [2.75, 3.05) is 5.73 Å². The summed E-state index contributed by atoms with van der Waals surface area (Å²) >= 11 is 5.62. The van der Waals surface area contributed by atoms with E-state index < -0.39 is 0 Å². The van der Waals surface area contributed by atoms with Crippen LogP contribution in [0.4, 0.5) is 5.69 Å². The molecule has 0 atom stereocenters. The van der Waals surface area contributed by atoms with E-state index in [0.29, 0.717) is 12.5 Å². The third-order valence-electron chi connectivity index (χ3n) is 2.20. The van der Waals surface area contributed by atoms with Gasteiger partial charge in [-0.3, -0.25) is 9.36 Å². The van der Waals surface area contributed by atoms with Crippen molar-refractivity contribution in [3.8, 4) is 0 Å². The maximum Gasteiger partial charge on any atom is 0.278 e. The highest BCUT2D eigenvalue weighted by molar-refractivity contribution is 6.31. The van der Waals surface area contributed by atoms with E-state index >= 15 is 0 Å². The molecule has 0 saturated heterocycles.